The number of hydrogen-bond acceptors (Lipinski definition) is 1. The predicted octanol–water partition coefficient (Wildman–Crippen LogP) is 6.13. The van der Waals surface area contributed by atoms with Crippen LogP contribution in [-0.4, -0.2) is 0 Å². The van der Waals surface area contributed by atoms with E-state index in [0.29, 0.717) is 0 Å². The van der Waals surface area contributed by atoms with Crippen LogP contribution < -0.4 is 4.57 Å². The van der Waals surface area contributed by atoms with Crippen LogP contribution in [0.15, 0.2) is 77.3 Å². The number of rotatable bonds is 1. The molecule has 128 valence electrons. The van der Waals surface area contributed by atoms with Crippen LogP contribution in [0.5, 0.6) is 0 Å². The first-order valence-electron chi connectivity index (χ1n) is 9.27. The number of pyridine rings is 1. The van der Waals surface area contributed by atoms with E-state index in [4.69, 9.17) is 4.42 Å². The molecule has 0 amide bonds. The first kappa shape index (κ1) is 14.7. The molecular formula is C25H18NO+. The van der Waals surface area contributed by atoms with Crippen molar-refractivity contribution in [2.24, 2.45) is 7.05 Å². The van der Waals surface area contributed by atoms with E-state index in [1.54, 1.807) is 0 Å². The fraction of sp³-hybridized carbons (Fsp3) is 0.0800. The number of nitrogens with zero attached hydrogens (tertiary/aromatic N) is 1. The molecule has 0 aliphatic heterocycles. The molecule has 2 heterocycles. The van der Waals surface area contributed by atoms with Crippen molar-refractivity contribution in [3.05, 3.63) is 78.5 Å². The van der Waals surface area contributed by atoms with Gasteiger partial charge in [-0.3, -0.25) is 0 Å². The van der Waals surface area contributed by atoms with Gasteiger partial charge in [-0.15, -0.1) is 0 Å². The van der Waals surface area contributed by atoms with E-state index >= 15 is 0 Å². The monoisotopic (exact) mass is 348 g/mol. The molecule has 0 aliphatic rings. The maximum atomic E-state index is 6.16. The number of aryl methyl sites for hydroxylation is 2. The van der Waals surface area contributed by atoms with Crippen molar-refractivity contribution in [1.29, 1.82) is 0 Å². The molecule has 6 aromatic rings. The third-order valence-electron chi connectivity index (χ3n) is 5.88. The van der Waals surface area contributed by atoms with E-state index in [2.05, 4.69) is 91.5 Å². The zero-order valence-electron chi connectivity index (χ0n) is 15.3. The number of fused-ring (bicyclic) bond motifs is 3. The minimum Gasteiger partial charge on any atom is -0.456 e. The van der Waals surface area contributed by atoms with Gasteiger partial charge in [-0.2, -0.15) is 0 Å². The summed E-state index contributed by atoms with van der Waals surface area (Å²) in [5.41, 5.74) is 5.74. The number of furan rings is 1. The van der Waals surface area contributed by atoms with Gasteiger partial charge in [0.25, 0.3) is 0 Å². The van der Waals surface area contributed by atoms with Crippen LogP contribution in [0.3, 0.4) is 0 Å². The van der Waals surface area contributed by atoms with Gasteiger partial charge in [0.15, 0.2) is 6.20 Å². The summed E-state index contributed by atoms with van der Waals surface area (Å²) in [5.74, 6) is 0. The molecule has 6 rings (SSSR count). The summed E-state index contributed by atoms with van der Waals surface area (Å²) in [6.45, 7) is 2.24. The Bertz CT molecular complexity index is 1490. The Balaban J connectivity index is 1.88. The number of hydrogen-bond donors (Lipinski definition) is 0. The Morgan fingerprint density at radius 1 is 0.667 bits per heavy atom. The lowest BCUT2D eigenvalue weighted by Gasteiger charge is -2.13. The predicted molar refractivity (Wildman–Crippen MR) is 111 cm³/mol. The molecular weight excluding hydrogens is 330 g/mol. The summed E-state index contributed by atoms with van der Waals surface area (Å²) in [5, 5.41) is 7.65. The van der Waals surface area contributed by atoms with Gasteiger partial charge in [0, 0.05) is 28.5 Å². The van der Waals surface area contributed by atoms with Crippen molar-refractivity contribution in [3.8, 4) is 11.3 Å². The van der Waals surface area contributed by atoms with Crippen LogP contribution in [0.2, 0.25) is 0 Å². The van der Waals surface area contributed by atoms with Gasteiger partial charge < -0.3 is 4.42 Å². The molecule has 0 atom stereocenters. The van der Waals surface area contributed by atoms with Crippen molar-refractivity contribution < 1.29 is 8.98 Å². The van der Waals surface area contributed by atoms with E-state index in [0.717, 1.165) is 11.2 Å². The molecule has 0 radical (unpaired) electrons. The first-order valence-corrected chi connectivity index (χ1v) is 9.27. The van der Waals surface area contributed by atoms with Crippen LogP contribution >= 0.6 is 0 Å². The Morgan fingerprint density at radius 2 is 1.37 bits per heavy atom. The molecule has 0 N–H and O–H groups in total. The van der Waals surface area contributed by atoms with Gasteiger partial charge in [0.2, 0.25) is 5.69 Å². The van der Waals surface area contributed by atoms with Crippen LogP contribution in [0.4, 0.5) is 0 Å². The topological polar surface area (TPSA) is 17.0 Å². The Labute approximate surface area is 156 Å². The smallest absolute Gasteiger partial charge is 0.212 e. The number of aromatic nitrogens is 1. The number of benzene rings is 4. The van der Waals surface area contributed by atoms with E-state index < -0.39 is 0 Å². The molecule has 0 fully saturated rings. The van der Waals surface area contributed by atoms with Gasteiger partial charge in [0.05, 0.1) is 0 Å². The SMILES string of the molecule is Cc1c(-c2cccc[n+]2C)ccc2c3cccc4oc5cccc(c12)c5c43. The van der Waals surface area contributed by atoms with Crippen molar-refractivity contribution in [3.63, 3.8) is 0 Å². The van der Waals surface area contributed by atoms with Crippen molar-refractivity contribution in [2.45, 2.75) is 6.92 Å². The zero-order valence-corrected chi connectivity index (χ0v) is 15.3. The van der Waals surface area contributed by atoms with Gasteiger partial charge in [-0.25, -0.2) is 4.57 Å². The maximum absolute atomic E-state index is 6.16. The second-order valence-corrected chi connectivity index (χ2v) is 7.32. The highest BCUT2D eigenvalue weighted by molar-refractivity contribution is 6.33. The lowest BCUT2D eigenvalue weighted by molar-refractivity contribution is -0.660. The minimum absolute atomic E-state index is 0.968. The lowest BCUT2D eigenvalue weighted by Crippen LogP contribution is -2.30. The van der Waals surface area contributed by atoms with Gasteiger partial charge in [0.1, 0.15) is 18.2 Å². The molecule has 4 aromatic carbocycles. The van der Waals surface area contributed by atoms with Crippen LogP contribution in [0.1, 0.15) is 5.56 Å². The minimum atomic E-state index is 0.968. The molecule has 0 saturated carbocycles. The quantitative estimate of drug-likeness (QED) is 0.258. The van der Waals surface area contributed by atoms with Gasteiger partial charge in [-0.05, 0) is 58.3 Å². The summed E-state index contributed by atoms with van der Waals surface area (Å²) in [6, 6.07) is 23.7. The largest absolute Gasteiger partial charge is 0.456 e. The van der Waals surface area contributed by atoms with Gasteiger partial charge >= 0.3 is 0 Å². The average molecular weight is 348 g/mol. The Morgan fingerprint density at radius 3 is 2.15 bits per heavy atom. The summed E-state index contributed by atoms with van der Waals surface area (Å²) >= 11 is 0. The zero-order chi connectivity index (χ0) is 18.1. The third kappa shape index (κ3) is 1.82. The van der Waals surface area contributed by atoms with E-state index in [-0.39, 0.29) is 0 Å². The van der Waals surface area contributed by atoms with E-state index in [1.165, 1.54) is 49.1 Å². The summed E-state index contributed by atoms with van der Waals surface area (Å²) in [6.07, 6.45) is 2.10. The molecule has 0 unspecified atom stereocenters. The van der Waals surface area contributed by atoms with E-state index in [9.17, 15) is 0 Å². The highest BCUT2D eigenvalue weighted by Crippen LogP contribution is 2.44. The highest BCUT2D eigenvalue weighted by Gasteiger charge is 2.20. The average Bonchev–Trinajstić information content (AvgIpc) is 3.07. The molecule has 2 heteroatoms. The van der Waals surface area contributed by atoms with Crippen molar-refractivity contribution in [2.75, 3.05) is 0 Å². The van der Waals surface area contributed by atoms with Crippen LogP contribution in [0.25, 0.3) is 54.7 Å². The molecule has 0 aliphatic carbocycles. The first-order chi connectivity index (χ1) is 13.2. The lowest BCUT2D eigenvalue weighted by atomic mass is 9.89. The molecule has 0 spiro atoms. The van der Waals surface area contributed by atoms with Crippen molar-refractivity contribution >= 4 is 43.5 Å². The standard InChI is InChI=1S/C25H18NO/c1-15-16(20-9-3-4-14-26(20)2)12-13-18-17-7-5-10-21-24(17)25-19(23(15)18)8-6-11-22(25)27-21/h3-14H,1-2H3/q+1. The second kappa shape index (κ2) is 5.08. The molecule has 2 aromatic heterocycles. The Kier molecular flexibility index (Phi) is 2.77. The summed E-state index contributed by atoms with van der Waals surface area (Å²) < 4.78 is 8.34. The maximum Gasteiger partial charge on any atom is 0.212 e. The second-order valence-electron chi connectivity index (χ2n) is 7.32. The fourth-order valence-corrected chi connectivity index (χ4v) is 4.66. The normalized spacial score (nSPS) is 12.1. The van der Waals surface area contributed by atoms with Crippen molar-refractivity contribution in [1.82, 2.24) is 0 Å². The highest BCUT2D eigenvalue weighted by atomic mass is 16.3. The Hall–Kier alpha value is -3.39. The van der Waals surface area contributed by atoms with E-state index in [1.807, 2.05) is 0 Å². The van der Waals surface area contributed by atoms with Crippen LogP contribution in [-0.2, 0) is 7.05 Å². The fourth-order valence-electron chi connectivity index (χ4n) is 4.66. The van der Waals surface area contributed by atoms with Crippen LogP contribution in [0, 0.1) is 6.92 Å². The third-order valence-corrected chi connectivity index (χ3v) is 5.88. The molecule has 2 nitrogen and oxygen atoms in total. The summed E-state index contributed by atoms with van der Waals surface area (Å²) in [4.78, 5) is 0. The summed E-state index contributed by atoms with van der Waals surface area (Å²) in [7, 11) is 2.10. The molecule has 0 bridgehead atoms. The molecule has 0 saturated heterocycles. The molecule has 27 heavy (non-hydrogen) atoms. The van der Waals surface area contributed by atoms with Gasteiger partial charge in [-0.1, -0.05) is 30.3 Å².